The maximum Gasteiger partial charge on any atom is 0.318 e. The molecule has 2 saturated heterocycles. The van der Waals surface area contributed by atoms with Crippen molar-refractivity contribution in [2.75, 3.05) is 19.6 Å². The Morgan fingerprint density at radius 1 is 1.23 bits per heavy atom. The first kappa shape index (κ1) is 15.3. The number of thiophene rings is 1. The Balaban J connectivity index is 1.55. The molecule has 2 aliphatic heterocycles. The molecule has 6 heteroatoms. The number of hydrogen-bond acceptors (Lipinski definition) is 3. The van der Waals surface area contributed by atoms with Crippen molar-refractivity contribution in [1.29, 1.82) is 0 Å². The van der Waals surface area contributed by atoms with Crippen LogP contribution < -0.4 is 5.32 Å². The van der Waals surface area contributed by atoms with Crippen LogP contribution >= 0.6 is 11.3 Å². The Bertz CT molecular complexity index is 524. The van der Waals surface area contributed by atoms with E-state index in [-0.39, 0.29) is 24.0 Å². The summed E-state index contributed by atoms with van der Waals surface area (Å²) in [4.78, 5) is 29.0. The zero-order valence-electron chi connectivity index (χ0n) is 13.0. The van der Waals surface area contributed by atoms with Gasteiger partial charge in [-0.05, 0) is 37.1 Å². The van der Waals surface area contributed by atoms with E-state index in [4.69, 9.17) is 0 Å². The van der Waals surface area contributed by atoms with Crippen LogP contribution in [0.4, 0.5) is 4.79 Å². The van der Waals surface area contributed by atoms with Crippen molar-refractivity contribution in [3.63, 3.8) is 0 Å². The quantitative estimate of drug-likeness (QED) is 0.910. The van der Waals surface area contributed by atoms with Crippen LogP contribution in [0.1, 0.15) is 43.5 Å². The lowest BCUT2D eigenvalue weighted by Crippen LogP contribution is -2.49. The number of likely N-dealkylation sites (tertiary alicyclic amines) is 2. The van der Waals surface area contributed by atoms with Gasteiger partial charge in [0.15, 0.2) is 0 Å². The lowest BCUT2D eigenvalue weighted by atomic mass is 10.1. The summed E-state index contributed by atoms with van der Waals surface area (Å²) in [5.41, 5.74) is 0. The number of carbonyl (C=O) groups is 2. The summed E-state index contributed by atoms with van der Waals surface area (Å²) in [6.45, 7) is 3.93. The molecule has 3 heterocycles. The van der Waals surface area contributed by atoms with Crippen molar-refractivity contribution in [2.24, 2.45) is 0 Å². The standard InChI is InChI=1S/C16H23N3O2S/c1-12(20)18-9-6-13(7-10-18)17-16(21)19-8-2-4-14(19)15-5-3-11-22-15/h3,5,11,13-14H,2,4,6-10H2,1H3,(H,17,21)/t14-/m1/s1. The number of nitrogens with one attached hydrogen (secondary N) is 1. The van der Waals surface area contributed by atoms with Crippen LogP contribution in [0.25, 0.3) is 0 Å². The van der Waals surface area contributed by atoms with E-state index in [1.807, 2.05) is 15.9 Å². The molecule has 1 aromatic rings. The number of urea groups is 1. The molecule has 0 radical (unpaired) electrons. The van der Waals surface area contributed by atoms with Crippen molar-refractivity contribution in [1.82, 2.24) is 15.1 Å². The monoisotopic (exact) mass is 321 g/mol. The highest BCUT2D eigenvalue weighted by molar-refractivity contribution is 7.10. The number of nitrogens with zero attached hydrogens (tertiary/aromatic N) is 2. The third-order valence-corrected chi connectivity index (χ3v) is 5.63. The molecule has 0 saturated carbocycles. The smallest absolute Gasteiger partial charge is 0.318 e. The molecular weight excluding hydrogens is 298 g/mol. The number of amides is 3. The molecule has 1 atom stereocenters. The fourth-order valence-electron chi connectivity index (χ4n) is 3.38. The maximum absolute atomic E-state index is 12.6. The SMILES string of the molecule is CC(=O)N1CCC(NC(=O)N2CCC[C@@H]2c2cccs2)CC1. The minimum Gasteiger partial charge on any atom is -0.343 e. The fraction of sp³-hybridized carbons (Fsp3) is 0.625. The van der Waals surface area contributed by atoms with E-state index in [1.54, 1.807) is 18.3 Å². The van der Waals surface area contributed by atoms with E-state index in [9.17, 15) is 9.59 Å². The molecule has 0 aliphatic carbocycles. The Labute approximate surface area is 135 Å². The van der Waals surface area contributed by atoms with Gasteiger partial charge in [-0.25, -0.2) is 4.79 Å². The Morgan fingerprint density at radius 3 is 2.64 bits per heavy atom. The van der Waals surface area contributed by atoms with Gasteiger partial charge in [-0.15, -0.1) is 11.3 Å². The van der Waals surface area contributed by atoms with Gasteiger partial charge in [0.2, 0.25) is 5.91 Å². The molecule has 0 aromatic carbocycles. The van der Waals surface area contributed by atoms with E-state index in [1.165, 1.54) is 4.88 Å². The van der Waals surface area contributed by atoms with Gasteiger partial charge in [-0.1, -0.05) is 6.07 Å². The zero-order chi connectivity index (χ0) is 15.5. The van der Waals surface area contributed by atoms with Crippen molar-refractivity contribution in [3.8, 4) is 0 Å². The van der Waals surface area contributed by atoms with Crippen molar-refractivity contribution < 1.29 is 9.59 Å². The van der Waals surface area contributed by atoms with E-state index >= 15 is 0 Å². The summed E-state index contributed by atoms with van der Waals surface area (Å²) in [6, 6.07) is 4.64. The third kappa shape index (κ3) is 3.27. The molecule has 2 aliphatic rings. The van der Waals surface area contributed by atoms with Crippen molar-refractivity contribution >= 4 is 23.3 Å². The molecular formula is C16H23N3O2S. The first-order chi connectivity index (χ1) is 10.6. The van der Waals surface area contributed by atoms with Crippen molar-refractivity contribution in [3.05, 3.63) is 22.4 Å². The van der Waals surface area contributed by atoms with Crippen LogP contribution in [0.3, 0.4) is 0 Å². The highest BCUT2D eigenvalue weighted by Crippen LogP contribution is 2.34. The van der Waals surface area contributed by atoms with Gasteiger partial charge in [-0.2, -0.15) is 0 Å². The van der Waals surface area contributed by atoms with Crippen molar-refractivity contribution in [2.45, 2.75) is 44.7 Å². The highest BCUT2D eigenvalue weighted by atomic mass is 32.1. The molecule has 22 heavy (non-hydrogen) atoms. The summed E-state index contributed by atoms with van der Waals surface area (Å²) < 4.78 is 0. The predicted molar refractivity (Wildman–Crippen MR) is 86.8 cm³/mol. The first-order valence-corrected chi connectivity index (χ1v) is 8.89. The average Bonchev–Trinajstić information content (AvgIpc) is 3.18. The lowest BCUT2D eigenvalue weighted by Gasteiger charge is -2.33. The largest absolute Gasteiger partial charge is 0.343 e. The summed E-state index contributed by atoms with van der Waals surface area (Å²) in [5.74, 6) is 0.127. The van der Waals surface area contributed by atoms with Crippen LogP contribution in [0, 0.1) is 0 Å². The average molecular weight is 321 g/mol. The van der Waals surface area contributed by atoms with E-state index < -0.39 is 0 Å². The normalized spacial score (nSPS) is 22.9. The summed E-state index contributed by atoms with van der Waals surface area (Å²) in [7, 11) is 0. The molecule has 5 nitrogen and oxygen atoms in total. The molecule has 1 N–H and O–H groups in total. The molecule has 0 bridgehead atoms. The van der Waals surface area contributed by atoms with Gasteiger partial charge in [0.05, 0.1) is 6.04 Å². The fourth-order valence-corrected chi connectivity index (χ4v) is 4.26. The molecule has 0 spiro atoms. The number of rotatable bonds is 2. The Kier molecular flexibility index (Phi) is 4.66. The van der Waals surface area contributed by atoms with Crippen LogP contribution in [0.15, 0.2) is 17.5 Å². The summed E-state index contributed by atoms with van der Waals surface area (Å²) >= 11 is 1.73. The highest BCUT2D eigenvalue weighted by Gasteiger charge is 2.32. The van der Waals surface area contributed by atoms with E-state index in [0.717, 1.165) is 45.3 Å². The molecule has 3 rings (SSSR count). The molecule has 2 fully saturated rings. The molecule has 3 amide bonds. The minimum absolute atomic E-state index is 0.0529. The second-order valence-corrected chi connectivity index (χ2v) is 7.08. The molecule has 0 unspecified atom stereocenters. The molecule has 1 aromatic heterocycles. The minimum atomic E-state index is 0.0529. The summed E-state index contributed by atoms with van der Waals surface area (Å²) in [5, 5.41) is 5.24. The topological polar surface area (TPSA) is 52.7 Å². The van der Waals surface area contributed by atoms with Gasteiger partial charge in [-0.3, -0.25) is 4.79 Å². The second-order valence-electron chi connectivity index (χ2n) is 6.10. The lowest BCUT2D eigenvalue weighted by molar-refractivity contribution is -0.129. The maximum atomic E-state index is 12.6. The van der Waals surface area contributed by atoms with Gasteiger partial charge in [0, 0.05) is 37.5 Å². The zero-order valence-corrected chi connectivity index (χ0v) is 13.8. The van der Waals surface area contributed by atoms with Crippen LogP contribution in [0.5, 0.6) is 0 Å². The number of carbonyl (C=O) groups excluding carboxylic acids is 2. The third-order valence-electron chi connectivity index (χ3n) is 4.65. The Hall–Kier alpha value is -1.56. The van der Waals surface area contributed by atoms with Crippen LogP contribution in [-0.2, 0) is 4.79 Å². The summed E-state index contributed by atoms with van der Waals surface area (Å²) in [6.07, 6.45) is 3.82. The van der Waals surface area contributed by atoms with Gasteiger partial charge in [0.1, 0.15) is 0 Å². The first-order valence-electron chi connectivity index (χ1n) is 8.01. The van der Waals surface area contributed by atoms with E-state index in [2.05, 4.69) is 16.8 Å². The number of hydrogen-bond donors (Lipinski definition) is 1. The Morgan fingerprint density at radius 2 is 2.00 bits per heavy atom. The van der Waals surface area contributed by atoms with E-state index in [0.29, 0.717) is 0 Å². The van der Waals surface area contributed by atoms with Crippen LogP contribution in [-0.4, -0.2) is 47.4 Å². The van der Waals surface area contributed by atoms with Gasteiger partial charge >= 0.3 is 6.03 Å². The predicted octanol–water partition coefficient (Wildman–Crippen LogP) is 2.61. The molecule has 120 valence electrons. The van der Waals surface area contributed by atoms with Gasteiger partial charge in [0.25, 0.3) is 0 Å². The number of piperidine rings is 1. The van der Waals surface area contributed by atoms with Gasteiger partial charge < -0.3 is 15.1 Å². The second kappa shape index (κ2) is 6.69. The van der Waals surface area contributed by atoms with Crippen LogP contribution in [0.2, 0.25) is 0 Å².